The topological polar surface area (TPSA) is 86.7 Å². The van der Waals surface area contributed by atoms with Gasteiger partial charge in [0.1, 0.15) is 19.0 Å². The smallest absolute Gasteiger partial charge is 0.339 e. The van der Waals surface area contributed by atoms with Gasteiger partial charge in [-0.2, -0.15) is 0 Å². The van der Waals surface area contributed by atoms with E-state index in [-0.39, 0.29) is 34.5 Å². The van der Waals surface area contributed by atoms with Crippen LogP contribution in [0.15, 0.2) is 47.4 Å². The lowest BCUT2D eigenvalue weighted by atomic mass is 10.1. The summed E-state index contributed by atoms with van der Waals surface area (Å²) in [6.07, 6.45) is 1.03. The Balaban J connectivity index is 1.99. The van der Waals surface area contributed by atoms with Crippen molar-refractivity contribution in [1.82, 2.24) is 0 Å². The predicted molar refractivity (Wildman–Crippen MR) is 96.8 cm³/mol. The molecular weight excluding hydrogens is 380 g/mol. The zero-order chi connectivity index (χ0) is 19.3. The van der Waals surface area contributed by atoms with Gasteiger partial charge in [0.05, 0.1) is 21.0 Å². The highest BCUT2D eigenvalue weighted by Crippen LogP contribution is 2.22. The van der Waals surface area contributed by atoms with Crippen LogP contribution >= 0.6 is 11.6 Å². The number of esters is 1. The minimum Gasteiger partial charge on any atom is -0.489 e. The van der Waals surface area contributed by atoms with Crippen LogP contribution in [0, 0.1) is 0 Å². The molecule has 0 heterocycles. The minimum atomic E-state index is -3.47. The first-order valence-electron chi connectivity index (χ1n) is 7.59. The molecule has 6 nitrogen and oxygen atoms in total. The molecule has 0 bridgehead atoms. The highest BCUT2D eigenvalue weighted by atomic mass is 35.5. The third kappa shape index (κ3) is 5.06. The van der Waals surface area contributed by atoms with Crippen LogP contribution in [0.1, 0.15) is 27.6 Å². The Morgan fingerprint density at radius 3 is 2.38 bits per heavy atom. The molecule has 2 rings (SSSR count). The lowest BCUT2D eigenvalue weighted by Gasteiger charge is -2.11. The van der Waals surface area contributed by atoms with Crippen LogP contribution in [0.3, 0.4) is 0 Å². The average molecular weight is 397 g/mol. The Labute approximate surface area is 156 Å². The van der Waals surface area contributed by atoms with Crippen molar-refractivity contribution in [2.45, 2.75) is 11.8 Å². The summed E-state index contributed by atoms with van der Waals surface area (Å²) >= 11 is 5.94. The van der Waals surface area contributed by atoms with Crippen LogP contribution in [-0.4, -0.2) is 39.6 Å². The largest absolute Gasteiger partial charge is 0.489 e. The van der Waals surface area contributed by atoms with E-state index in [0.717, 1.165) is 6.26 Å². The molecule has 2 aromatic rings. The second-order valence-electron chi connectivity index (χ2n) is 5.45. The summed E-state index contributed by atoms with van der Waals surface area (Å²) in [5.41, 5.74) is 0.390. The number of carbonyl (C=O) groups is 2. The molecule has 8 heteroatoms. The first-order chi connectivity index (χ1) is 12.2. The van der Waals surface area contributed by atoms with E-state index < -0.39 is 15.8 Å². The van der Waals surface area contributed by atoms with Crippen LogP contribution in [0.2, 0.25) is 5.02 Å². The van der Waals surface area contributed by atoms with Crippen molar-refractivity contribution in [1.29, 1.82) is 0 Å². The average Bonchev–Trinajstić information content (AvgIpc) is 2.58. The van der Waals surface area contributed by atoms with Gasteiger partial charge in [0.2, 0.25) is 0 Å². The van der Waals surface area contributed by atoms with Crippen molar-refractivity contribution in [2.24, 2.45) is 0 Å². The summed E-state index contributed by atoms with van der Waals surface area (Å²) in [6, 6.07) is 10.5. The van der Waals surface area contributed by atoms with Crippen LogP contribution < -0.4 is 4.74 Å². The fourth-order valence-electron chi connectivity index (χ4n) is 2.14. The number of halogens is 1. The molecule has 0 unspecified atom stereocenters. The molecular formula is C18H17ClO6S. The number of hydrogen-bond donors (Lipinski definition) is 0. The number of Topliss-reactive ketones (excluding diaryl/α,β-unsaturated/α-hetero) is 1. The van der Waals surface area contributed by atoms with Gasteiger partial charge >= 0.3 is 5.97 Å². The lowest BCUT2D eigenvalue weighted by Crippen LogP contribution is -2.14. The minimum absolute atomic E-state index is 0.0272. The molecule has 26 heavy (non-hydrogen) atoms. The van der Waals surface area contributed by atoms with Crippen molar-refractivity contribution < 1.29 is 27.5 Å². The zero-order valence-electron chi connectivity index (χ0n) is 14.2. The van der Waals surface area contributed by atoms with Gasteiger partial charge in [0, 0.05) is 6.26 Å². The van der Waals surface area contributed by atoms with Crippen LogP contribution in [0.5, 0.6) is 5.75 Å². The van der Waals surface area contributed by atoms with E-state index in [9.17, 15) is 18.0 Å². The van der Waals surface area contributed by atoms with E-state index in [4.69, 9.17) is 21.1 Å². The van der Waals surface area contributed by atoms with Crippen LogP contribution in [0.25, 0.3) is 0 Å². The molecule has 138 valence electrons. The Morgan fingerprint density at radius 1 is 1.04 bits per heavy atom. The second kappa shape index (κ2) is 8.33. The normalized spacial score (nSPS) is 11.0. The highest BCUT2D eigenvalue weighted by molar-refractivity contribution is 7.90. The monoisotopic (exact) mass is 396 g/mol. The fraction of sp³-hybridized carbons (Fsp3) is 0.222. The van der Waals surface area contributed by atoms with E-state index in [1.807, 2.05) is 0 Å². The van der Waals surface area contributed by atoms with E-state index in [2.05, 4.69) is 0 Å². The Morgan fingerprint density at radius 2 is 1.73 bits per heavy atom. The standard InChI is InChI=1S/C18H17ClO6S/c1-12(20)14-5-3-4-6-17(14)24-9-10-25-18(21)15-11-13(26(2,22)23)7-8-16(15)19/h3-8,11H,9-10H2,1-2H3. The van der Waals surface area contributed by atoms with E-state index in [0.29, 0.717) is 11.3 Å². The van der Waals surface area contributed by atoms with Gasteiger partial charge in [-0.25, -0.2) is 13.2 Å². The van der Waals surface area contributed by atoms with Crippen molar-refractivity contribution in [2.75, 3.05) is 19.5 Å². The third-order valence-corrected chi connectivity index (χ3v) is 4.87. The number of ketones is 1. The molecule has 0 amide bonds. The molecule has 0 aromatic heterocycles. The van der Waals surface area contributed by atoms with Gasteiger partial charge in [-0.05, 0) is 37.3 Å². The Hall–Kier alpha value is -2.38. The molecule has 0 saturated carbocycles. The summed E-state index contributed by atoms with van der Waals surface area (Å²) in [5.74, 6) is -0.501. The predicted octanol–water partition coefficient (Wildman–Crippen LogP) is 3.18. The van der Waals surface area contributed by atoms with Gasteiger partial charge in [0.15, 0.2) is 15.6 Å². The molecule has 0 radical (unpaired) electrons. The summed E-state index contributed by atoms with van der Waals surface area (Å²) in [5, 5.41) is 0.0882. The number of hydrogen-bond acceptors (Lipinski definition) is 6. The summed E-state index contributed by atoms with van der Waals surface area (Å²) in [7, 11) is -3.47. The van der Waals surface area contributed by atoms with E-state index in [1.54, 1.807) is 24.3 Å². The SMILES string of the molecule is CC(=O)c1ccccc1OCCOC(=O)c1cc(S(C)(=O)=O)ccc1Cl. The maximum atomic E-state index is 12.1. The van der Waals surface area contributed by atoms with Crippen molar-refractivity contribution >= 4 is 33.2 Å². The number of sulfone groups is 1. The lowest BCUT2D eigenvalue weighted by molar-refractivity contribution is 0.0449. The van der Waals surface area contributed by atoms with Crippen molar-refractivity contribution in [3.63, 3.8) is 0 Å². The third-order valence-electron chi connectivity index (χ3n) is 3.43. The van der Waals surface area contributed by atoms with E-state index in [1.165, 1.54) is 25.1 Å². The van der Waals surface area contributed by atoms with Crippen LogP contribution in [-0.2, 0) is 14.6 Å². The first kappa shape index (κ1) is 19.9. The van der Waals surface area contributed by atoms with Gasteiger partial charge < -0.3 is 9.47 Å². The molecule has 0 aliphatic carbocycles. The quantitative estimate of drug-likeness (QED) is 0.406. The molecule has 0 saturated heterocycles. The van der Waals surface area contributed by atoms with Crippen molar-refractivity contribution in [3.05, 3.63) is 58.6 Å². The molecule has 0 spiro atoms. The molecule has 0 atom stereocenters. The highest BCUT2D eigenvalue weighted by Gasteiger charge is 2.17. The van der Waals surface area contributed by atoms with Gasteiger partial charge in [-0.1, -0.05) is 23.7 Å². The fourth-order valence-corrected chi connectivity index (χ4v) is 2.98. The van der Waals surface area contributed by atoms with E-state index >= 15 is 0 Å². The number of carbonyl (C=O) groups excluding carboxylic acids is 2. The Bertz CT molecular complexity index is 936. The number of para-hydroxylation sites is 1. The number of rotatable bonds is 7. The number of ether oxygens (including phenoxy) is 2. The Kier molecular flexibility index (Phi) is 6.39. The molecule has 0 aliphatic rings. The summed E-state index contributed by atoms with van der Waals surface area (Å²) < 4.78 is 33.7. The second-order valence-corrected chi connectivity index (χ2v) is 7.87. The molecule has 0 aliphatic heterocycles. The maximum absolute atomic E-state index is 12.1. The maximum Gasteiger partial charge on any atom is 0.339 e. The first-order valence-corrected chi connectivity index (χ1v) is 9.86. The van der Waals surface area contributed by atoms with Crippen molar-refractivity contribution in [3.8, 4) is 5.75 Å². The summed E-state index contributed by atoms with van der Waals surface area (Å²) in [4.78, 5) is 23.6. The molecule has 2 aromatic carbocycles. The zero-order valence-corrected chi connectivity index (χ0v) is 15.8. The molecule has 0 N–H and O–H groups in total. The van der Waals surface area contributed by atoms with Crippen LogP contribution in [0.4, 0.5) is 0 Å². The molecule has 0 fully saturated rings. The van der Waals surface area contributed by atoms with Gasteiger partial charge in [0.25, 0.3) is 0 Å². The van der Waals surface area contributed by atoms with Gasteiger partial charge in [-0.3, -0.25) is 4.79 Å². The number of benzene rings is 2. The van der Waals surface area contributed by atoms with Gasteiger partial charge in [-0.15, -0.1) is 0 Å². The summed E-state index contributed by atoms with van der Waals surface area (Å²) in [6.45, 7) is 1.36.